The van der Waals surface area contributed by atoms with Crippen LogP contribution in [0.1, 0.15) is 6.42 Å². The number of rotatable bonds is 6. The van der Waals surface area contributed by atoms with Gasteiger partial charge in [0.2, 0.25) is 5.91 Å². The molecule has 0 radical (unpaired) electrons. The highest BCUT2D eigenvalue weighted by atomic mass is 35.5. The fraction of sp³-hybridized carbons (Fsp3) is 0.167. The molecule has 0 bridgehead atoms. The number of carbonyl (C=O) groups is 3. The van der Waals surface area contributed by atoms with Crippen LogP contribution < -0.4 is 20.5 Å². The van der Waals surface area contributed by atoms with Gasteiger partial charge in [0.25, 0.3) is 11.8 Å². The third-order valence-corrected chi connectivity index (χ3v) is 3.98. The smallest absolute Gasteiger partial charge is 0.272 e. The van der Waals surface area contributed by atoms with Crippen LogP contribution >= 0.6 is 11.6 Å². The molecule has 7 nitrogen and oxygen atoms in total. The number of para-hydroxylation sites is 1. The van der Waals surface area contributed by atoms with Gasteiger partial charge in [-0.15, -0.1) is 0 Å². The van der Waals surface area contributed by atoms with Gasteiger partial charge in [-0.1, -0.05) is 29.8 Å². The molecule has 0 spiro atoms. The lowest BCUT2D eigenvalue weighted by molar-refractivity contribution is -0.125. The number of benzene rings is 2. The topological polar surface area (TPSA) is 87.7 Å². The van der Waals surface area contributed by atoms with E-state index in [1.54, 1.807) is 48.5 Å². The maximum absolute atomic E-state index is 12.4. The van der Waals surface area contributed by atoms with Crippen molar-refractivity contribution in [3.63, 3.8) is 0 Å². The van der Waals surface area contributed by atoms with Crippen molar-refractivity contribution in [2.45, 2.75) is 12.5 Å². The van der Waals surface area contributed by atoms with E-state index in [2.05, 4.69) is 10.9 Å². The van der Waals surface area contributed by atoms with Gasteiger partial charge in [-0.2, -0.15) is 0 Å². The molecule has 8 heteroatoms. The molecule has 1 heterocycles. The minimum Gasteiger partial charge on any atom is -0.484 e. The summed E-state index contributed by atoms with van der Waals surface area (Å²) in [4.78, 5) is 37.4. The van der Waals surface area contributed by atoms with Crippen LogP contribution in [0.2, 0.25) is 5.02 Å². The maximum Gasteiger partial charge on any atom is 0.272 e. The Kier molecular flexibility index (Phi) is 5.50. The first-order chi connectivity index (χ1) is 12.5. The lowest BCUT2D eigenvalue weighted by Crippen LogP contribution is -2.49. The van der Waals surface area contributed by atoms with E-state index in [-0.39, 0.29) is 18.9 Å². The third kappa shape index (κ3) is 4.19. The van der Waals surface area contributed by atoms with E-state index < -0.39 is 17.9 Å². The minimum atomic E-state index is -0.834. The molecule has 0 aromatic heterocycles. The van der Waals surface area contributed by atoms with Crippen molar-refractivity contribution < 1.29 is 19.1 Å². The second kappa shape index (κ2) is 7.99. The highest BCUT2D eigenvalue weighted by Crippen LogP contribution is 2.24. The number of hydrazine groups is 1. The Morgan fingerprint density at radius 1 is 1.12 bits per heavy atom. The SMILES string of the molecule is O=C(COc1ccccc1)NN[C@H]1CC(=O)N(c2ccc(Cl)cc2)C1=O. The molecule has 134 valence electrons. The minimum absolute atomic E-state index is 0.0543. The van der Waals surface area contributed by atoms with Gasteiger partial charge in [-0.25, -0.2) is 10.3 Å². The number of anilines is 1. The van der Waals surface area contributed by atoms with Crippen LogP contribution in [-0.4, -0.2) is 30.4 Å². The zero-order chi connectivity index (χ0) is 18.5. The number of amides is 3. The van der Waals surface area contributed by atoms with Gasteiger partial charge in [-0.3, -0.25) is 19.8 Å². The van der Waals surface area contributed by atoms with Crippen LogP contribution in [0.15, 0.2) is 54.6 Å². The summed E-state index contributed by atoms with van der Waals surface area (Å²) in [6, 6.07) is 14.4. The van der Waals surface area contributed by atoms with Crippen molar-refractivity contribution in [1.29, 1.82) is 0 Å². The molecule has 26 heavy (non-hydrogen) atoms. The van der Waals surface area contributed by atoms with Crippen molar-refractivity contribution in [2.75, 3.05) is 11.5 Å². The Morgan fingerprint density at radius 2 is 1.81 bits per heavy atom. The first-order valence-corrected chi connectivity index (χ1v) is 8.27. The molecule has 2 aromatic carbocycles. The van der Waals surface area contributed by atoms with Crippen molar-refractivity contribution in [3.05, 3.63) is 59.6 Å². The number of halogens is 1. The van der Waals surface area contributed by atoms with Crippen LogP contribution in [-0.2, 0) is 14.4 Å². The molecule has 3 rings (SSSR count). The zero-order valence-electron chi connectivity index (χ0n) is 13.6. The molecular formula is C18H16ClN3O4. The van der Waals surface area contributed by atoms with E-state index >= 15 is 0 Å². The van der Waals surface area contributed by atoms with Gasteiger partial charge in [0.1, 0.15) is 11.8 Å². The molecular weight excluding hydrogens is 358 g/mol. The first-order valence-electron chi connectivity index (χ1n) is 7.89. The van der Waals surface area contributed by atoms with Crippen LogP contribution in [0.25, 0.3) is 0 Å². The average Bonchev–Trinajstić information content (AvgIpc) is 2.93. The van der Waals surface area contributed by atoms with Crippen LogP contribution in [0, 0.1) is 0 Å². The normalized spacial score (nSPS) is 16.7. The fourth-order valence-electron chi connectivity index (χ4n) is 2.48. The quantitative estimate of drug-likeness (QED) is 0.594. The number of imide groups is 1. The maximum atomic E-state index is 12.4. The second-order valence-corrected chi connectivity index (χ2v) is 6.03. The average molecular weight is 374 g/mol. The third-order valence-electron chi connectivity index (χ3n) is 3.73. The summed E-state index contributed by atoms with van der Waals surface area (Å²) in [5.74, 6) is -0.700. The number of nitrogens with zero attached hydrogens (tertiary/aromatic N) is 1. The van der Waals surface area contributed by atoms with Gasteiger partial charge < -0.3 is 4.74 Å². The number of nitrogens with one attached hydrogen (secondary N) is 2. The number of carbonyl (C=O) groups excluding carboxylic acids is 3. The van der Waals surface area contributed by atoms with E-state index in [1.165, 1.54) is 0 Å². The number of hydrogen-bond donors (Lipinski definition) is 2. The van der Waals surface area contributed by atoms with E-state index in [0.717, 1.165) is 4.90 Å². The van der Waals surface area contributed by atoms with Crippen LogP contribution in [0.3, 0.4) is 0 Å². The monoisotopic (exact) mass is 373 g/mol. The molecule has 1 atom stereocenters. The Labute approximate surface area is 154 Å². The predicted molar refractivity (Wildman–Crippen MR) is 95.6 cm³/mol. The summed E-state index contributed by atoms with van der Waals surface area (Å²) in [7, 11) is 0. The van der Waals surface area contributed by atoms with E-state index in [4.69, 9.17) is 16.3 Å². The van der Waals surface area contributed by atoms with Crippen LogP contribution in [0.5, 0.6) is 5.75 Å². The lowest BCUT2D eigenvalue weighted by atomic mass is 10.2. The molecule has 0 unspecified atom stereocenters. The number of ether oxygens (including phenoxy) is 1. The highest BCUT2D eigenvalue weighted by molar-refractivity contribution is 6.30. The Bertz CT molecular complexity index is 811. The first kappa shape index (κ1) is 17.9. The Hall–Kier alpha value is -2.90. The molecule has 3 amide bonds. The Balaban J connectivity index is 1.52. The summed E-state index contributed by atoms with van der Waals surface area (Å²) in [5.41, 5.74) is 5.42. The fourth-order valence-corrected chi connectivity index (χ4v) is 2.60. The molecule has 1 saturated heterocycles. The van der Waals surface area contributed by atoms with E-state index in [0.29, 0.717) is 16.5 Å². The zero-order valence-corrected chi connectivity index (χ0v) is 14.4. The van der Waals surface area contributed by atoms with Gasteiger partial charge in [0.15, 0.2) is 6.61 Å². The molecule has 0 aliphatic carbocycles. The van der Waals surface area contributed by atoms with E-state index in [9.17, 15) is 14.4 Å². The highest BCUT2D eigenvalue weighted by Gasteiger charge is 2.39. The van der Waals surface area contributed by atoms with Gasteiger partial charge in [0, 0.05) is 5.02 Å². The summed E-state index contributed by atoms with van der Waals surface area (Å²) >= 11 is 5.82. The summed E-state index contributed by atoms with van der Waals surface area (Å²) < 4.78 is 5.31. The second-order valence-electron chi connectivity index (χ2n) is 5.59. The molecule has 2 aromatic rings. The number of hydrogen-bond acceptors (Lipinski definition) is 5. The largest absolute Gasteiger partial charge is 0.484 e. The molecule has 1 aliphatic rings. The summed E-state index contributed by atoms with van der Waals surface area (Å²) in [6.07, 6.45) is -0.0543. The molecule has 0 saturated carbocycles. The van der Waals surface area contributed by atoms with Crippen molar-refractivity contribution >= 4 is 35.0 Å². The van der Waals surface area contributed by atoms with Crippen LogP contribution in [0.4, 0.5) is 5.69 Å². The summed E-state index contributed by atoms with van der Waals surface area (Å²) in [6.45, 7) is -0.216. The van der Waals surface area contributed by atoms with E-state index in [1.807, 2.05) is 6.07 Å². The van der Waals surface area contributed by atoms with Crippen molar-refractivity contribution in [1.82, 2.24) is 10.9 Å². The van der Waals surface area contributed by atoms with Gasteiger partial charge in [-0.05, 0) is 36.4 Å². The van der Waals surface area contributed by atoms with Gasteiger partial charge in [0.05, 0.1) is 12.1 Å². The molecule has 1 aliphatic heterocycles. The van der Waals surface area contributed by atoms with Gasteiger partial charge >= 0.3 is 0 Å². The molecule has 1 fully saturated rings. The van der Waals surface area contributed by atoms with Crippen molar-refractivity contribution in [2.24, 2.45) is 0 Å². The van der Waals surface area contributed by atoms with Crippen molar-refractivity contribution in [3.8, 4) is 5.75 Å². The predicted octanol–water partition coefficient (Wildman–Crippen LogP) is 1.67. The summed E-state index contributed by atoms with van der Waals surface area (Å²) in [5, 5.41) is 0.508. The lowest BCUT2D eigenvalue weighted by Gasteiger charge is -2.16. The molecule has 2 N–H and O–H groups in total. The standard InChI is InChI=1S/C18H16ClN3O4/c19-12-6-8-13(9-7-12)22-17(24)10-15(18(22)25)20-21-16(23)11-26-14-4-2-1-3-5-14/h1-9,15,20H,10-11H2,(H,21,23)/t15-/m0/s1. The Morgan fingerprint density at radius 3 is 2.50 bits per heavy atom.